The van der Waals surface area contributed by atoms with Gasteiger partial charge in [0, 0.05) is 23.5 Å². The Morgan fingerprint density at radius 1 is 0.917 bits per heavy atom. The summed E-state index contributed by atoms with van der Waals surface area (Å²) < 4.78 is 5.15. The van der Waals surface area contributed by atoms with Gasteiger partial charge in [0.1, 0.15) is 6.04 Å². The summed E-state index contributed by atoms with van der Waals surface area (Å²) in [6, 6.07) is 5.31. The number of aryl methyl sites for hydroxylation is 1. The number of unbranched alkanes of at least 4 members (excludes halogenated alkanes) is 13. The third-order valence-electron chi connectivity index (χ3n) is 7.02. The number of anilines is 1. The van der Waals surface area contributed by atoms with Crippen molar-refractivity contribution in [2.75, 3.05) is 30.1 Å². The lowest BCUT2D eigenvalue weighted by Crippen LogP contribution is -2.42. The maximum absolute atomic E-state index is 13.0. The molecular weight excluding hydrogens is 468 g/mol. The van der Waals surface area contributed by atoms with Gasteiger partial charge in [-0.05, 0) is 44.0 Å². The summed E-state index contributed by atoms with van der Waals surface area (Å²) >= 11 is 1.59. The van der Waals surface area contributed by atoms with Crippen LogP contribution in [0.15, 0.2) is 18.2 Å². The van der Waals surface area contributed by atoms with Crippen LogP contribution in [0, 0.1) is 6.92 Å². The third kappa shape index (κ3) is 11.1. The zero-order valence-corrected chi connectivity index (χ0v) is 23.9. The summed E-state index contributed by atoms with van der Waals surface area (Å²) in [5, 5.41) is 3.53. The van der Waals surface area contributed by atoms with E-state index < -0.39 is 6.04 Å². The molecule has 1 aromatic carbocycles. The second kappa shape index (κ2) is 18.5. The van der Waals surface area contributed by atoms with Crippen LogP contribution in [0.3, 0.4) is 0 Å². The Morgan fingerprint density at radius 3 is 2.06 bits per heavy atom. The zero-order chi connectivity index (χ0) is 26.0. The number of benzene rings is 1. The van der Waals surface area contributed by atoms with Gasteiger partial charge in [-0.25, -0.2) is 4.79 Å². The van der Waals surface area contributed by atoms with Crippen LogP contribution in [0.1, 0.15) is 120 Å². The normalized spacial score (nSPS) is 15.3. The molecule has 2 rings (SSSR count). The quantitative estimate of drug-likeness (QED) is 0.149. The minimum atomic E-state index is -0.485. The number of nitrogens with one attached hydrogen (secondary N) is 1. The molecule has 1 unspecified atom stereocenters. The number of thioether (sulfide) groups is 1. The average molecular weight is 519 g/mol. The second-order valence-corrected chi connectivity index (χ2v) is 11.1. The molecule has 1 amide bonds. The molecule has 1 aromatic rings. The molecule has 1 heterocycles. The topological polar surface area (TPSA) is 58.6 Å². The minimum Gasteiger partial charge on any atom is -0.464 e. The summed E-state index contributed by atoms with van der Waals surface area (Å²) in [6.45, 7) is 7.40. The molecule has 1 saturated heterocycles. The lowest BCUT2D eigenvalue weighted by Gasteiger charge is -2.22. The van der Waals surface area contributed by atoms with Gasteiger partial charge in [0.2, 0.25) is 0 Å². The van der Waals surface area contributed by atoms with Crippen molar-refractivity contribution in [3.8, 4) is 0 Å². The third-order valence-corrected chi connectivity index (χ3v) is 8.03. The van der Waals surface area contributed by atoms with Crippen LogP contribution in [0.2, 0.25) is 0 Å². The van der Waals surface area contributed by atoms with Gasteiger partial charge >= 0.3 is 5.97 Å². The van der Waals surface area contributed by atoms with Crippen molar-refractivity contribution >= 4 is 29.3 Å². The first kappa shape index (κ1) is 30.5. The van der Waals surface area contributed by atoms with Crippen LogP contribution in [0.5, 0.6) is 0 Å². The molecule has 36 heavy (non-hydrogen) atoms. The minimum absolute atomic E-state index is 0.0975. The van der Waals surface area contributed by atoms with Gasteiger partial charge in [-0.3, -0.25) is 4.79 Å². The number of amides is 1. The van der Waals surface area contributed by atoms with E-state index in [0.717, 1.165) is 17.8 Å². The Bertz CT molecular complexity index is 771. The number of esters is 1. The Labute approximate surface area is 224 Å². The van der Waals surface area contributed by atoms with Gasteiger partial charge < -0.3 is 15.0 Å². The molecule has 1 atom stereocenters. The standard InChI is InChI=1S/C30H50N2O3S/c1-4-6-7-8-9-10-11-12-13-14-15-16-17-18-21-31-27-20-19-26(22-25(27)3)29(33)32-24-36-23-28(32)30(34)35-5-2/h19-20,22,28,31H,4-18,21,23-24H2,1-3H3. The van der Waals surface area contributed by atoms with E-state index in [-0.39, 0.29) is 11.9 Å². The summed E-state index contributed by atoms with van der Waals surface area (Å²) in [5.74, 6) is 0.724. The smallest absolute Gasteiger partial charge is 0.329 e. The summed E-state index contributed by atoms with van der Waals surface area (Å²) in [7, 11) is 0. The Morgan fingerprint density at radius 2 is 1.50 bits per heavy atom. The molecule has 0 saturated carbocycles. The molecule has 1 aliphatic rings. The molecule has 0 radical (unpaired) electrons. The van der Waals surface area contributed by atoms with Crippen molar-refractivity contribution < 1.29 is 14.3 Å². The van der Waals surface area contributed by atoms with E-state index in [1.165, 1.54) is 89.9 Å². The molecule has 5 nitrogen and oxygen atoms in total. The highest BCUT2D eigenvalue weighted by Crippen LogP contribution is 2.26. The lowest BCUT2D eigenvalue weighted by atomic mass is 10.0. The number of hydrogen-bond acceptors (Lipinski definition) is 5. The van der Waals surface area contributed by atoms with Crippen molar-refractivity contribution in [3.63, 3.8) is 0 Å². The van der Waals surface area contributed by atoms with Crippen LogP contribution in [-0.2, 0) is 9.53 Å². The van der Waals surface area contributed by atoms with Crippen molar-refractivity contribution in [1.82, 2.24) is 4.90 Å². The number of rotatable bonds is 19. The van der Waals surface area contributed by atoms with Crippen LogP contribution >= 0.6 is 11.8 Å². The van der Waals surface area contributed by atoms with Gasteiger partial charge in [-0.1, -0.05) is 90.4 Å². The van der Waals surface area contributed by atoms with Crippen molar-refractivity contribution in [2.45, 2.75) is 117 Å². The van der Waals surface area contributed by atoms with Gasteiger partial charge in [-0.15, -0.1) is 11.8 Å². The van der Waals surface area contributed by atoms with Crippen molar-refractivity contribution in [1.29, 1.82) is 0 Å². The van der Waals surface area contributed by atoms with E-state index in [9.17, 15) is 9.59 Å². The van der Waals surface area contributed by atoms with Crippen LogP contribution in [0.4, 0.5) is 5.69 Å². The van der Waals surface area contributed by atoms with Crippen molar-refractivity contribution in [2.24, 2.45) is 0 Å². The predicted molar refractivity (Wildman–Crippen MR) is 154 cm³/mol. The number of ether oxygens (including phenoxy) is 1. The van der Waals surface area contributed by atoms with E-state index in [4.69, 9.17) is 4.74 Å². The van der Waals surface area contributed by atoms with Gasteiger partial charge in [-0.2, -0.15) is 0 Å². The highest BCUT2D eigenvalue weighted by molar-refractivity contribution is 7.99. The van der Waals surface area contributed by atoms with Crippen LogP contribution in [0.25, 0.3) is 0 Å². The fourth-order valence-corrected chi connectivity index (χ4v) is 5.92. The molecule has 204 valence electrons. The predicted octanol–water partition coefficient (Wildman–Crippen LogP) is 7.97. The fourth-order valence-electron chi connectivity index (χ4n) is 4.78. The van der Waals surface area contributed by atoms with Gasteiger partial charge in [0.15, 0.2) is 0 Å². The van der Waals surface area contributed by atoms with E-state index in [0.29, 0.717) is 23.8 Å². The molecule has 0 aliphatic carbocycles. The van der Waals surface area contributed by atoms with E-state index in [2.05, 4.69) is 12.2 Å². The number of nitrogens with zero attached hydrogens (tertiary/aromatic N) is 1. The molecule has 0 spiro atoms. The number of carbonyl (C=O) groups is 2. The SMILES string of the molecule is CCCCCCCCCCCCCCCCNc1ccc(C(=O)N2CSCC2C(=O)OCC)cc1C. The maximum atomic E-state index is 13.0. The first-order valence-electron chi connectivity index (χ1n) is 14.5. The Balaban J connectivity index is 1.57. The van der Waals surface area contributed by atoms with Gasteiger partial charge in [0.05, 0.1) is 12.5 Å². The number of hydrogen-bond donors (Lipinski definition) is 1. The summed E-state index contributed by atoms with van der Waals surface area (Å²) in [5.41, 5.74) is 2.77. The Kier molecular flexibility index (Phi) is 15.7. The molecule has 1 fully saturated rings. The second-order valence-electron chi connectivity index (χ2n) is 10.1. The molecule has 1 N–H and O–H groups in total. The molecule has 6 heteroatoms. The number of carbonyl (C=O) groups excluding carboxylic acids is 2. The largest absolute Gasteiger partial charge is 0.464 e. The monoisotopic (exact) mass is 518 g/mol. The Hall–Kier alpha value is -1.69. The highest BCUT2D eigenvalue weighted by Gasteiger charge is 2.36. The van der Waals surface area contributed by atoms with Crippen molar-refractivity contribution in [3.05, 3.63) is 29.3 Å². The molecule has 0 bridgehead atoms. The van der Waals surface area contributed by atoms with E-state index >= 15 is 0 Å². The van der Waals surface area contributed by atoms with Gasteiger partial charge in [0.25, 0.3) is 5.91 Å². The molecule has 0 aromatic heterocycles. The fraction of sp³-hybridized carbons (Fsp3) is 0.733. The van der Waals surface area contributed by atoms with E-state index in [1.807, 2.05) is 25.1 Å². The van der Waals surface area contributed by atoms with Crippen LogP contribution < -0.4 is 5.32 Å². The maximum Gasteiger partial charge on any atom is 0.329 e. The molecule has 1 aliphatic heterocycles. The van der Waals surface area contributed by atoms with Crippen LogP contribution in [-0.4, -0.2) is 47.6 Å². The molecular formula is C30H50N2O3S. The summed E-state index contributed by atoms with van der Waals surface area (Å²) in [6.07, 6.45) is 19.2. The van der Waals surface area contributed by atoms with E-state index in [1.54, 1.807) is 23.6 Å². The summed E-state index contributed by atoms with van der Waals surface area (Å²) in [4.78, 5) is 26.9. The first-order chi connectivity index (χ1) is 17.6. The average Bonchev–Trinajstić information content (AvgIpc) is 3.37. The highest BCUT2D eigenvalue weighted by atomic mass is 32.2. The first-order valence-corrected chi connectivity index (χ1v) is 15.6. The lowest BCUT2D eigenvalue weighted by molar-refractivity contribution is -0.147. The zero-order valence-electron chi connectivity index (χ0n) is 23.1.